The van der Waals surface area contributed by atoms with Gasteiger partial charge in [-0.1, -0.05) is 42.5 Å². The first-order chi connectivity index (χ1) is 13.6. The summed E-state index contributed by atoms with van der Waals surface area (Å²) < 4.78 is 23.3. The number of hydrogen-bond acceptors (Lipinski definition) is 4. The summed E-state index contributed by atoms with van der Waals surface area (Å²) in [5.41, 5.74) is 1.93. The number of benzene rings is 3. The smallest absolute Gasteiger partial charge is 0.338 e. The van der Waals surface area contributed by atoms with Crippen LogP contribution < -0.4 is 4.74 Å². The van der Waals surface area contributed by atoms with Gasteiger partial charge >= 0.3 is 11.9 Å². The highest BCUT2D eigenvalue weighted by Gasteiger charge is 2.08. The van der Waals surface area contributed by atoms with Crippen molar-refractivity contribution in [3.05, 3.63) is 107 Å². The van der Waals surface area contributed by atoms with Crippen LogP contribution in [-0.2, 0) is 16.1 Å². The highest BCUT2D eigenvalue weighted by molar-refractivity contribution is 5.90. The SMILES string of the molecule is O=C(/C=C/c1ccc(F)cc1)Oc1ccc(C(=O)OCc2ccccc2)cc1. The molecular weight excluding hydrogens is 359 g/mol. The minimum atomic E-state index is -0.580. The molecule has 0 spiro atoms. The molecule has 3 aromatic carbocycles. The Balaban J connectivity index is 1.52. The van der Waals surface area contributed by atoms with Gasteiger partial charge in [0.05, 0.1) is 5.56 Å². The number of rotatable bonds is 6. The Morgan fingerprint density at radius 1 is 0.857 bits per heavy atom. The third kappa shape index (κ3) is 5.64. The molecule has 0 aliphatic rings. The van der Waals surface area contributed by atoms with Gasteiger partial charge in [-0.05, 0) is 53.6 Å². The summed E-state index contributed by atoms with van der Waals surface area (Å²) in [6, 6.07) is 21.2. The van der Waals surface area contributed by atoms with Gasteiger partial charge in [0.1, 0.15) is 18.2 Å². The summed E-state index contributed by atoms with van der Waals surface area (Å²) in [5, 5.41) is 0. The fraction of sp³-hybridized carbons (Fsp3) is 0.0435. The van der Waals surface area contributed by atoms with Crippen molar-refractivity contribution in [1.82, 2.24) is 0 Å². The Labute approximate surface area is 161 Å². The topological polar surface area (TPSA) is 52.6 Å². The predicted molar refractivity (Wildman–Crippen MR) is 103 cm³/mol. The molecule has 3 rings (SSSR count). The first-order valence-electron chi connectivity index (χ1n) is 8.57. The Morgan fingerprint density at radius 2 is 1.54 bits per heavy atom. The van der Waals surface area contributed by atoms with Crippen molar-refractivity contribution in [3.8, 4) is 5.75 Å². The number of carbonyl (C=O) groups excluding carboxylic acids is 2. The van der Waals surface area contributed by atoms with Gasteiger partial charge in [-0.25, -0.2) is 14.0 Å². The predicted octanol–water partition coefficient (Wildman–Crippen LogP) is 4.80. The maximum absolute atomic E-state index is 12.8. The molecule has 0 saturated carbocycles. The lowest BCUT2D eigenvalue weighted by atomic mass is 10.2. The van der Waals surface area contributed by atoms with E-state index in [1.165, 1.54) is 48.6 Å². The molecule has 0 aromatic heterocycles. The van der Waals surface area contributed by atoms with Gasteiger partial charge < -0.3 is 9.47 Å². The first-order valence-corrected chi connectivity index (χ1v) is 8.57. The molecule has 0 aliphatic carbocycles. The van der Waals surface area contributed by atoms with Crippen LogP contribution in [0.4, 0.5) is 4.39 Å². The highest BCUT2D eigenvalue weighted by Crippen LogP contribution is 2.14. The van der Waals surface area contributed by atoms with Crippen LogP contribution >= 0.6 is 0 Å². The largest absolute Gasteiger partial charge is 0.457 e. The lowest BCUT2D eigenvalue weighted by Crippen LogP contribution is -2.06. The zero-order chi connectivity index (χ0) is 19.8. The molecule has 4 nitrogen and oxygen atoms in total. The van der Waals surface area contributed by atoms with Crippen molar-refractivity contribution in [2.24, 2.45) is 0 Å². The maximum Gasteiger partial charge on any atom is 0.338 e. The molecule has 0 amide bonds. The van der Waals surface area contributed by atoms with Crippen LogP contribution in [0.1, 0.15) is 21.5 Å². The molecule has 0 atom stereocenters. The number of halogens is 1. The van der Waals surface area contributed by atoms with E-state index in [1.54, 1.807) is 12.1 Å². The molecule has 0 heterocycles. The molecule has 5 heteroatoms. The van der Waals surface area contributed by atoms with Crippen molar-refractivity contribution >= 4 is 18.0 Å². The fourth-order valence-corrected chi connectivity index (χ4v) is 2.35. The van der Waals surface area contributed by atoms with E-state index in [9.17, 15) is 14.0 Å². The molecule has 0 unspecified atom stereocenters. The van der Waals surface area contributed by atoms with Crippen LogP contribution in [0.25, 0.3) is 6.08 Å². The third-order valence-electron chi connectivity index (χ3n) is 3.80. The van der Waals surface area contributed by atoms with Gasteiger partial charge in [0.2, 0.25) is 0 Å². The van der Waals surface area contributed by atoms with Crippen LogP contribution in [0.3, 0.4) is 0 Å². The summed E-state index contributed by atoms with van der Waals surface area (Å²) >= 11 is 0. The van der Waals surface area contributed by atoms with Gasteiger partial charge in [-0.15, -0.1) is 0 Å². The second-order valence-corrected chi connectivity index (χ2v) is 5.89. The van der Waals surface area contributed by atoms with Gasteiger partial charge in [0.25, 0.3) is 0 Å². The monoisotopic (exact) mass is 376 g/mol. The lowest BCUT2D eigenvalue weighted by Gasteiger charge is -2.06. The van der Waals surface area contributed by atoms with Gasteiger partial charge in [-0.2, -0.15) is 0 Å². The molecule has 0 radical (unpaired) electrons. The molecule has 140 valence electrons. The fourth-order valence-electron chi connectivity index (χ4n) is 2.35. The standard InChI is InChI=1S/C23H17FO4/c24-20-11-6-17(7-12-20)8-15-22(25)28-21-13-9-19(10-14-21)23(26)27-16-18-4-2-1-3-5-18/h1-15H,16H2/b15-8+. The molecule has 0 saturated heterocycles. The maximum atomic E-state index is 12.8. The van der Waals surface area contributed by atoms with Crippen molar-refractivity contribution in [2.45, 2.75) is 6.61 Å². The first kappa shape index (κ1) is 19.0. The Morgan fingerprint density at radius 3 is 2.21 bits per heavy atom. The molecule has 28 heavy (non-hydrogen) atoms. The second kappa shape index (κ2) is 9.28. The number of hydrogen-bond donors (Lipinski definition) is 0. The van der Waals surface area contributed by atoms with E-state index >= 15 is 0 Å². The van der Waals surface area contributed by atoms with E-state index in [0.29, 0.717) is 16.9 Å². The van der Waals surface area contributed by atoms with Crippen molar-refractivity contribution in [1.29, 1.82) is 0 Å². The summed E-state index contributed by atoms with van der Waals surface area (Å²) in [5.74, 6) is -1.09. The van der Waals surface area contributed by atoms with Gasteiger partial charge in [0, 0.05) is 6.08 Å². The Kier molecular flexibility index (Phi) is 6.31. The Bertz CT molecular complexity index is 962. The van der Waals surface area contributed by atoms with E-state index in [0.717, 1.165) is 5.56 Å². The normalized spacial score (nSPS) is 10.6. The number of esters is 2. The summed E-state index contributed by atoms with van der Waals surface area (Å²) in [6.07, 6.45) is 2.77. The van der Waals surface area contributed by atoms with E-state index in [4.69, 9.17) is 9.47 Å². The third-order valence-corrected chi connectivity index (χ3v) is 3.80. The molecule has 0 bridgehead atoms. The summed E-state index contributed by atoms with van der Waals surface area (Å²) in [4.78, 5) is 23.9. The zero-order valence-electron chi connectivity index (χ0n) is 14.9. The van der Waals surface area contributed by atoms with Crippen molar-refractivity contribution in [2.75, 3.05) is 0 Å². The Hall–Kier alpha value is -3.73. The van der Waals surface area contributed by atoms with Crippen LogP contribution in [0, 0.1) is 5.82 Å². The van der Waals surface area contributed by atoms with Crippen molar-refractivity contribution < 1.29 is 23.5 Å². The lowest BCUT2D eigenvalue weighted by molar-refractivity contribution is -0.128. The second-order valence-electron chi connectivity index (χ2n) is 5.89. The van der Waals surface area contributed by atoms with Gasteiger partial charge in [-0.3, -0.25) is 0 Å². The zero-order valence-corrected chi connectivity index (χ0v) is 14.9. The van der Waals surface area contributed by atoms with Crippen LogP contribution in [0.15, 0.2) is 84.9 Å². The average molecular weight is 376 g/mol. The van der Waals surface area contributed by atoms with Crippen molar-refractivity contribution in [3.63, 3.8) is 0 Å². The number of ether oxygens (including phenoxy) is 2. The van der Waals surface area contributed by atoms with Crippen LogP contribution in [-0.4, -0.2) is 11.9 Å². The molecule has 0 N–H and O–H groups in total. The van der Waals surface area contributed by atoms with E-state index in [2.05, 4.69) is 0 Å². The summed E-state index contributed by atoms with van der Waals surface area (Å²) in [7, 11) is 0. The average Bonchev–Trinajstić information content (AvgIpc) is 2.73. The quantitative estimate of drug-likeness (QED) is 0.352. The summed E-state index contributed by atoms with van der Waals surface area (Å²) in [6.45, 7) is 0.185. The van der Waals surface area contributed by atoms with Crippen LogP contribution in [0.5, 0.6) is 5.75 Å². The molecule has 0 aliphatic heterocycles. The van der Waals surface area contributed by atoms with Gasteiger partial charge in [0.15, 0.2) is 0 Å². The highest BCUT2D eigenvalue weighted by atomic mass is 19.1. The van der Waals surface area contributed by atoms with E-state index in [1.807, 2.05) is 30.3 Å². The molecule has 3 aromatic rings. The molecular formula is C23H17FO4. The minimum absolute atomic E-state index is 0.185. The number of carbonyl (C=O) groups is 2. The van der Waals surface area contributed by atoms with E-state index < -0.39 is 11.9 Å². The molecule has 0 fully saturated rings. The minimum Gasteiger partial charge on any atom is -0.457 e. The van der Waals surface area contributed by atoms with E-state index in [-0.39, 0.29) is 12.4 Å². The van der Waals surface area contributed by atoms with Crippen LogP contribution in [0.2, 0.25) is 0 Å².